The molecule has 0 radical (unpaired) electrons. The van der Waals surface area contributed by atoms with Gasteiger partial charge in [-0.1, -0.05) is 0 Å². The third-order valence-electron chi connectivity index (χ3n) is 2.96. The smallest absolute Gasteiger partial charge is 0.348 e. The summed E-state index contributed by atoms with van der Waals surface area (Å²) in [6.07, 6.45) is -2.07. The van der Waals surface area contributed by atoms with Crippen LogP contribution in [0, 0.1) is 5.95 Å². The summed E-state index contributed by atoms with van der Waals surface area (Å²) in [5.74, 6) is -3.74. The van der Waals surface area contributed by atoms with E-state index in [0.29, 0.717) is 5.69 Å². The molecule has 118 valence electrons. The number of aromatic nitrogens is 1. The number of carboxylic acids is 1. The lowest BCUT2D eigenvalue weighted by Gasteiger charge is -2.34. The Morgan fingerprint density at radius 2 is 2.27 bits per heavy atom. The average molecular weight is 312 g/mol. The molecule has 0 aliphatic carbocycles. The monoisotopic (exact) mass is 312 g/mol. The van der Waals surface area contributed by atoms with Crippen molar-refractivity contribution in [3.63, 3.8) is 0 Å². The lowest BCUT2D eigenvalue weighted by atomic mass is 10.1. The van der Waals surface area contributed by atoms with Crippen LogP contribution in [0.2, 0.25) is 0 Å². The number of esters is 1. The average Bonchev–Trinajstić information content (AvgIpc) is 2.46. The van der Waals surface area contributed by atoms with Gasteiger partial charge in [0.15, 0.2) is 6.10 Å². The van der Waals surface area contributed by atoms with Gasteiger partial charge in [0.2, 0.25) is 12.1 Å². The van der Waals surface area contributed by atoms with Gasteiger partial charge in [0.25, 0.3) is 5.91 Å². The van der Waals surface area contributed by atoms with E-state index in [2.05, 4.69) is 9.72 Å². The summed E-state index contributed by atoms with van der Waals surface area (Å²) in [6.45, 7) is 1.22. The molecule has 0 aromatic carbocycles. The number of nitrogens with zero attached hydrogens (tertiary/aromatic N) is 2. The maximum atomic E-state index is 12.8. The number of amides is 1. The minimum absolute atomic E-state index is 0.0405. The van der Waals surface area contributed by atoms with Gasteiger partial charge in [-0.15, -0.1) is 0 Å². The van der Waals surface area contributed by atoms with E-state index in [1.165, 1.54) is 11.0 Å². The molecule has 22 heavy (non-hydrogen) atoms. The van der Waals surface area contributed by atoms with Crippen LogP contribution in [0.25, 0.3) is 0 Å². The number of halogens is 1. The number of morpholine rings is 1. The van der Waals surface area contributed by atoms with Gasteiger partial charge in [-0.2, -0.15) is 4.39 Å². The third kappa shape index (κ3) is 3.37. The molecular weight excluding hydrogens is 299 g/mol. The topological polar surface area (TPSA) is 106 Å². The van der Waals surface area contributed by atoms with Gasteiger partial charge in [0.05, 0.1) is 18.5 Å². The van der Waals surface area contributed by atoms with Crippen LogP contribution in [-0.2, 0) is 23.9 Å². The predicted octanol–water partition coefficient (Wildman–Crippen LogP) is -0.0312. The summed E-state index contributed by atoms with van der Waals surface area (Å²) in [5, 5.41) is 9.10. The van der Waals surface area contributed by atoms with E-state index in [-0.39, 0.29) is 13.2 Å². The summed E-state index contributed by atoms with van der Waals surface area (Å²) < 4.78 is 22.6. The second-order valence-electron chi connectivity index (χ2n) is 4.49. The number of ether oxygens (including phenoxy) is 2. The Kier molecular flexibility index (Phi) is 4.66. The van der Waals surface area contributed by atoms with Gasteiger partial charge in [0, 0.05) is 13.5 Å². The Morgan fingerprint density at radius 3 is 2.82 bits per heavy atom. The van der Waals surface area contributed by atoms with Crippen LogP contribution in [0.4, 0.5) is 10.1 Å². The SMILES string of the molecule is CC(=O)O[C@@H](C(=O)O)[C@H]1OCCN(c2ccc(F)nc2)C1=O. The number of rotatable bonds is 4. The first-order chi connectivity index (χ1) is 10.4. The Labute approximate surface area is 124 Å². The van der Waals surface area contributed by atoms with Crippen LogP contribution < -0.4 is 4.90 Å². The lowest BCUT2D eigenvalue weighted by molar-refractivity contribution is -0.177. The summed E-state index contributed by atoms with van der Waals surface area (Å²) >= 11 is 0. The van der Waals surface area contributed by atoms with E-state index in [9.17, 15) is 18.8 Å². The zero-order valence-corrected chi connectivity index (χ0v) is 11.6. The molecule has 1 saturated heterocycles. The summed E-state index contributed by atoms with van der Waals surface area (Å²) in [7, 11) is 0. The van der Waals surface area contributed by atoms with Gasteiger partial charge >= 0.3 is 11.9 Å². The van der Waals surface area contributed by atoms with E-state index in [1.54, 1.807) is 0 Å². The largest absolute Gasteiger partial charge is 0.478 e. The highest BCUT2D eigenvalue weighted by Gasteiger charge is 2.42. The molecule has 1 aromatic rings. The zero-order valence-electron chi connectivity index (χ0n) is 11.6. The number of carboxylic acid groups (broad SMARTS) is 1. The maximum Gasteiger partial charge on any atom is 0.348 e. The van der Waals surface area contributed by atoms with Crippen molar-refractivity contribution in [2.45, 2.75) is 19.1 Å². The van der Waals surface area contributed by atoms with Crippen LogP contribution in [-0.4, -0.2) is 53.3 Å². The highest BCUT2D eigenvalue weighted by atomic mass is 19.1. The van der Waals surface area contributed by atoms with Gasteiger partial charge in [-0.25, -0.2) is 9.78 Å². The number of hydrogen-bond donors (Lipinski definition) is 1. The van der Waals surface area contributed by atoms with Gasteiger partial charge in [0.1, 0.15) is 0 Å². The summed E-state index contributed by atoms with van der Waals surface area (Å²) in [6, 6.07) is 2.41. The van der Waals surface area contributed by atoms with Crippen LogP contribution in [0.15, 0.2) is 18.3 Å². The zero-order chi connectivity index (χ0) is 16.3. The molecule has 1 aromatic heterocycles. The van der Waals surface area contributed by atoms with Crippen molar-refractivity contribution in [1.29, 1.82) is 0 Å². The second kappa shape index (κ2) is 6.48. The first-order valence-electron chi connectivity index (χ1n) is 6.34. The van der Waals surface area contributed by atoms with Crippen LogP contribution in [0.1, 0.15) is 6.92 Å². The van der Waals surface area contributed by atoms with E-state index in [1.807, 2.05) is 0 Å². The number of anilines is 1. The molecule has 0 unspecified atom stereocenters. The predicted molar refractivity (Wildman–Crippen MR) is 69.5 cm³/mol. The molecule has 2 heterocycles. The minimum atomic E-state index is -1.75. The Hall–Kier alpha value is -2.55. The van der Waals surface area contributed by atoms with Gasteiger partial charge in [-0.05, 0) is 12.1 Å². The molecule has 8 nitrogen and oxygen atoms in total. The fourth-order valence-corrected chi connectivity index (χ4v) is 2.03. The first-order valence-corrected chi connectivity index (χ1v) is 6.34. The van der Waals surface area contributed by atoms with Crippen molar-refractivity contribution in [3.05, 3.63) is 24.3 Å². The van der Waals surface area contributed by atoms with Crippen molar-refractivity contribution in [1.82, 2.24) is 4.98 Å². The number of aliphatic carboxylic acids is 1. The molecule has 1 amide bonds. The van der Waals surface area contributed by atoms with Crippen LogP contribution >= 0.6 is 0 Å². The Bertz CT molecular complexity index is 591. The standard InChI is InChI=1S/C13H13FN2O6/c1-7(17)22-11(13(19)20)10-12(18)16(4-5-21-10)8-2-3-9(14)15-6-8/h2-3,6,10-11H,4-5H2,1H3,(H,19,20)/t10-,11-/m1/s1. The van der Waals surface area contributed by atoms with Gasteiger partial charge in [-0.3, -0.25) is 9.59 Å². The van der Waals surface area contributed by atoms with Crippen molar-refractivity contribution in [2.24, 2.45) is 0 Å². The van der Waals surface area contributed by atoms with Crippen LogP contribution in [0.5, 0.6) is 0 Å². The van der Waals surface area contributed by atoms with Crippen molar-refractivity contribution in [3.8, 4) is 0 Å². The number of pyridine rings is 1. The molecule has 1 N–H and O–H groups in total. The number of hydrogen-bond acceptors (Lipinski definition) is 6. The van der Waals surface area contributed by atoms with Crippen molar-refractivity contribution in [2.75, 3.05) is 18.1 Å². The van der Waals surface area contributed by atoms with Crippen LogP contribution in [0.3, 0.4) is 0 Å². The van der Waals surface area contributed by atoms with E-state index < -0.39 is 36.0 Å². The molecule has 0 bridgehead atoms. The molecule has 2 rings (SSSR count). The number of carbonyl (C=O) groups excluding carboxylic acids is 2. The highest BCUT2D eigenvalue weighted by Crippen LogP contribution is 2.21. The summed E-state index contributed by atoms with van der Waals surface area (Å²) in [5.41, 5.74) is 0.298. The Morgan fingerprint density at radius 1 is 1.55 bits per heavy atom. The quantitative estimate of drug-likeness (QED) is 0.614. The van der Waals surface area contributed by atoms with E-state index in [4.69, 9.17) is 9.84 Å². The number of carbonyl (C=O) groups is 3. The van der Waals surface area contributed by atoms with Gasteiger partial charge < -0.3 is 19.5 Å². The molecule has 1 aliphatic rings. The second-order valence-corrected chi connectivity index (χ2v) is 4.49. The maximum absolute atomic E-state index is 12.8. The molecule has 0 saturated carbocycles. The molecule has 1 aliphatic heterocycles. The third-order valence-corrected chi connectivity index (χ3v) is 2.96. The van der Waals surface area contributed by atoms with E-state index in [0.717, 1.165) is 19.2 Å². The highest BCUT2D eigenvalue weighted by molar-refractivity contribution is 6.00. The fourth-order valence-electron chi connectivity index (χ4n) is 2.03. The minimum Gasteiger partial charge on any atom is -0.478 e. The van der Waals surface area contributed by atoms with E-state index >= 15 is 0 Å². The lowest BCUT2D eigenvalue weighted by Crippen LogP contribution is -2.55. The van der Waals surface area contributed by atoms with Crippen molar-refractivity contribution < 1.29 is 33.4 Å². The molecule has 2 atom stereocenters. The Balaban J connectivity index is 2.23. The normalized spacial score (nSPS) is 19.6. The molecule has 9 heteroatoms. The summed E-state index contributed by atoms with van der Waals surface area (Å²) in [4.78, 5) is 39.2. The first kappa shape index (κ1) is 15.8. The van der Waals surface area contributed by atoms with Crippen molar-refractivity contribution >= 4 is 23.5 Å². The molecular formula is C13H13FN2O6. The molecule has 0 spiro atoms. The molecule has 1 fully saturated rings. The fraction of sp³-hybridized carbons (Fsp3) is 0.385.